The number of hydrogen-bond donors (Lipinski definition) is 1. The van der Waals surface area contributed by atoms with Gasteiger partial charge in [-0.15, -0.1) is 0 Å². The number of ether oxygens (including phenoxy) is 1. The molecule has 0 saturated heterocycles. The average molecular weight is 361 g/mol. The number of anilines is 1. The molecule has 2 nitrogen and oxygen atoms in total. The van der Waals surface area contributed by atoms with Crippen LogP contribution in [-0.2, 0) is 6.54 Å². The zero-order valence-electron chi connectivity index (χ0n) is 10.2. The van der Waals surface area contributed by atoms with E-state index in [2.05, 4.69) is 21.2 Å². The van der Waals surface area contributed by atoms with Crippen molar-refractivity contribution in [3.05, 3.63) is 56.5 Å². The highest BCUT2D eigenvalue weighted by molar-refractivity contribution is 9.10. The highest BCUT2D eigenvalue weighted by Gasteiger charge is 2.03. The van der Waals surface area contributed by atoms with Crippen LogP contribution in [-0.4, -0.2) is 7.11 Å². The van der Waals surface area contributed by atoms with Gasteiger partial charge in [-0.3, -0.25) is 0 Å². The highest BCUT2D eigenvalue weighted by Crippen LogP contribution is 2.28. The fraction of sp³-hybridized carbons (Fsp3) is 0.143. The van der Waals surface area contributed by atoms with Crippen LogP contribution in [0, 0.1) is 0 Å². The van der Waals surface area contributed by atoms with Gasteiger partial charge in [0.05, 0.1) is 22.8 Å². The molecule has 19 heavy (non-hydrogen) atoms. The highest BCUT2D eigenvalue weighted by atomic mass is 79.9. The molecule has 0 fully saturated rings. The van der Waals surface area contributed by atoms with Crippen LogP contribution < -0.4 is 10.1 Å². The molecule has 0 aliphatic heterocycles. The van der Waals surface area contributed by atoms with E-state index >= 15 is 0 Å². The Morgan fingerprint density at radius 1 is 1.11 bits per heavy atom. The van der Waals surface area contributed by atoms with E-state index in [9.17, 15) is 0 Å². The molecule has 0 unspecified atom stereocenters. The van der Waals surface area contributed by atoms with Gasteiger partial charge in [-0.2, -0.15) is 0 Å². The van der Waals surface area contributed by atoms with Gasteiger partial charge < -0.3 is 10.1 Å². The van der Waals surface area contributed by atoms with E-state index in [-0.39, 0.29) is 0 Å². The van der Waals surface area contributed by atoms with Crippen molar-refractivity contribution < 1.29 is 4.74 Å². The van der Waals surface area contributed by atoms with Crippen molar-refractivity contribution in [3.8, 4) is 5.75 Å². The predicted octanol–water partition coefficient (Wildman–Crippen LogP) is 5.38. The fourth-order valence-electron chi connectivity index (χ4n) is 1.61. The van der Waals surface area contributed by atoms with Crippen LogP contribution in [0.1, 0.15) is 5.56 Å². The lowest BCUT2D eigenvalue weighted by Crippen LogP contribution is -2.00. The molecule has 2 aromatic rings. The summed E-state index contributed by atoms with van der Waals surface area (Å²) >= 11 is 15.5. The molecule has 2 rings (SSSR count). The monoisotopic (exact) mass is 359 g/mol. The molecule has 2 aromatic carbocycles. The number of methoxy groups -OCH3 is 1. The molecule has 1 N–H and O–H groups in total. The summed E-state index contributed by atoms with van der Waals surface area (Å²) < 4.78 is 6.05. The maximum absolute atomic E-state index is 6.13. The molecule has 0 aromatic heterocycles. The lowest BCUT2D eigenvalue weighted by Gasteiger charge is -2.10. The minimum atomic E-state index is 0.655. The molecule has 0 saturated carbocycles. The standard InChI is InChI=1S/C14H12BrCl2NO/c1-19-10-3-5-13(17)14(7-10)18-8-9-2-4-12(16)11(15)6-9/h2-7,18H,8H2,1H3. The zero-order valence-corrected chi connectivity index (χ0v) is 13.3. The summed E-state index contributed by atoms with van der Waals surface area (Å²) in [4.78, 5) is 0. The Morgan fingerprint density at radius 2 is 1.84 bits per heavy atom. The van der Waals surface area contributed by atoms with Gasteiger partial charge in [-0.05, 0) is 45.8 Å². The summed E-state index contributed by atoms with van der Waals surface area (Å²) in [5.41, 5.74) is 1.95. The molecule has 0 amide bonds. The van der Waals surface area contributed by atoms with Crippen molar-refractivity contribution in [1.82, 2.24) is 0 Å². The molecule has 0 radical (unpaired) electrons. The van der Waals surface area contributed by atoms with Gasteiger partial charge in [0, 0.05) is 17.1 Å². The molecular weight excluding hydrogens is 349 g/mol. The number of rotatable bonds is 4. The second-order valence-corrected chi connectivity index (χ2v) is 5.62. The van der Waals surface area contributed by atoms with Crippen LogP contribution >= 0.6 is 39.1 Å². The number of halogens is 3. The Kier molecular flexibility index (Phi) is 4.97. The van der Waals surface area contributed by atoms with E-state index in [0.717, 1.165) is 21.5 Å². The van der Waals surface area contributed by atoms with Gasteiger partial charge in [0.1, 0.15) is 5.75 Å². The second kappa shape index (κ2) is 6.51. The quantitative estimate of drug-likeness (QED) is 0.790. The van der Waals surface area contributed by atoms with Crippen molar-refractivity contribution in [2.45, 2.75) is 6.54 Å². The maximum Gasteiger partial charge on any atom is 0.121 e. The van der Waals surface area contributed by atoms with Crippen LogP contribution in [0.5, 0.6) is 5.75 Å². The first-order chi connectivity index (χ1) is 9.10. The van der Waals surface area contributed by atoms with E-state index in [1.807, 2.05) is 30.3 Å². The summed E-state index contributed by atoms with van der Waals surface area (Å²) in [6.07, 6.45) is 0. The van der Waals surface area contributed by atoms with Crippen molar-refractivity contribution in [1.29, 1.82) is 0 Å². The lowest BCUT2D eigenvalue weighted by atomic mass is 10.2. The van der Waals surface area contributed by atoms with Crippen LogP contribution in [0.3, 0.4) is 0 Å². The van der Waals surface area contributed by atoms with E-state index in [1.54, 1.807) is 13.2 Å². The van der Waals surface area contributed by atoms with Gasteiger partial charge in [0.25, 0.3) is 0 Å². The Bertz CT molecular complexity index is 590. The van der Waals surface area contributed by atoms with Crippen LogP contribution in [0.25, 0.3) is 0 Å². The Labute approximate surface area is 130 Å². The molecule has 0 atom stereocenters. The van der Waals surface area contributed by atoms with Gasteiger partial charge in [0.2, 0.25) is 0 Å². The Morgan fingerprint density at radius 3 is 2.53 bits per heavy atom. The third-order valence-corrected chi connectivity index (χ3v) is 4.18. The van der Waals surface area contributed by atoms with Crippen LogP contribution in [0.2, 0.25) is 10.0 Å². The SMILES string of the molecule is COc1ccc(Cl)c(NCc2ccc(Cl)c(Br)c2)c1. The topological polar surface area (TPSA) is 21.3 Å². The summed E-state index contributed by atoms with van der Waals surface area (Å²) in [5, 5.41) is 4.63. The maximum atomic E-state index is 6.13. The number of benzene rings is 2. The largest absolute Gasteiger partial charge is 0.497 e. The molecule has 0 spiro atoms. The molecule has 0 aliphatic rings. The van der Waals surface area contributed by atoms with E-state index in [4.69, 9.17) is 27.9 Å². The third kappa shape index (κ3) is 3.78. The first kappa shape index (κ1) is 14.5. The average Bonchev–Trinajstić information content (AvgIpc) is 2.41. The van der Waals surface area contributed by atoms with E-state index in [0.29, 0.717) is 16.6 Å². The summed E-state index contributed by atoms with van der Waals surface area (Å²) in [5.74, 6) is 0.768. The summed E-state index contributed by atoms with van der Waals surface area (Å²) in [7, 11) is 1.63. The van der Waals surface area contributed by atoms with Crippen molar-refractivity contribution in [3.63, 3.8) is 0 Å². The molecule has 5 heteroatoms. The first-order valence-electron chi connectivity index (χ1n) is 5.61. The first-order valence-corrected chi connectivity index (χ1v) is 7.16. The smallest absolute Gasteiger partial charge is 0.121 e. The third-order valence-electron chi connectivity index (χ3n) is 2.64. The van der Waals surface area contributed by atoms with Crippen molar-refractivity contribution >= 4 is 44.8 Å². The van der Waals surface area contributed by atoms with Crippen LogP contribution in [0.4, 0.5) is 5.69 Å². The minimum Gasteiger partial charge on any atom is -0.497 e. The molecule has 100 valence electrons. The predicted molar refractivity (Wildman–Crippen MR) is 84.5 cm³/mol. The minimum absolute atomic E-state index is 0.655. The Balaban J connectivity index is 2.11. The molecule has 0 bridgehead atoms. The zero-order chi connectivity index (χ0) is 13.8. The second-order valence-electron chi connectivity index (χ2n) is 3.95. The van der Waals surface area contributed by atoms with Gasteiger partial charge in [-0.1, -0.05) is 29.3 Å². The van der Waals surface area contributed by atoms with Crippen LogP contribution in [0.15, 0.2) is 40.9 Å². The van der Waals surface area contributed by atoms with Crippen molar-refractivity contribution in [2.75, 3.05) is 12.4 Å². The molecule has 0 aliphatic carbocycles. The van der Waals surface area contributed by atoms with Gasteiger partial charge in [0.15, 0.2) is 0 Å². The fourth-order valence-corrected chi connectivity index (χ4v) is 2.34. The normalized spacial score (nSPS) is 10.3. The van der Waals surface area contributed by atoms with E-state index < -0.39 is 0 Å². The number of nitrogens with one attached hydrogen (secondary N) is 1. The molecular formula is C14H12BrCl2NO. The molecule has 0 heterocycles. The van der Waals surface area contributed by atoms with Crippen molar-refractivity contribution in [2.24, 2.45) is 0 Å². The van der Waals surface area contributed by atoms with Gasteiger partial charge >= 0.3 is 0 Å². The lowest BCUT2D eigenvalue weighted by molar-refractivity contribution is 0.415. The van der Waals surface area contributed by atoms with Gasteiger partial charge in [-0.25, -0.2) is 0 Å². The summed E-state index contributed by atoms with van der Waals surface area (Å²) in [6.45, 7) is 0.655. The summed E-state index contributed by atoms with van der Waals surface area (Å²) in [6, 6.07) is 11.3. The van der Waals surface area contributed by atoms with E-state index in [1.165, 1.54) is 0 Å². The number of hydrogen-bond acceptors (Lipinski definition) is 2. The Hall–Kier alpha value is -0.900.